The van der Waals surface area contributed by atoms with Crippen LogP contribution in [0.4, 0.5) is 5.69 Å². The highest BCUT2D eigenvalue weighted by Crippen LogP contribution is 2.20. The molecule has 1 atom stereocenters. The van der Waals surface area contributed by atoms with Crippen molar-refractivity contribution in [3.05, 3.63) is 28.8 Å². The number of amides is 1. The smallest absolute Gasteiger partial charge is 0.227 e. The van der Waals surface area contributed by atoms with E-state index in [2.05, 4.69) is 5.32 Å². The number of nitrogens with two attached hydrogens (primary N) is 1. The van der Waals surface area contributed by atoms with E-state index in [0.717, 1.165) is 0 Å². The van der Waals surface area contributed by atoms with Crippen molar-refractivity contribution in [3.8, 4) is 6.07 Å². The Morgan fingerprint density at radius 3 is 2.89 bits per heavy atom. The Morgan fingerprint density at radius 1 is 1.67 bits per heavy atom. The molecule has 0 radical (unpaired) electrons. The zero-order chi connectivity index (χ0) is 13.5. The maximum absolute atomic E-state index is 11.7. The molecule has 0 spiro atoms. The van der Waals surface area contributed by atoms with Crippen LogP contribution in [0.2, 0.25) is 5.02 Å². The number of halogens is 1. The summed E-state index contributed by atoms with van der Waals surface area (Å²) in [6.45, 7) is 0.276. The molecule has 0 fully saturated rings. The number of hydrogen-bond donors (Lipinski definition) is 2. The summed E-state index contributed by atoms with van der Waals surface area (Å²) in [5, 5.41) is 11.7. The summed E-state index contributed by atoms with van der Waals surface area (Å²) in [7, 11) is 1.50. The Bertz CT molecular complexity index is 467. The van der Waals surface area contributed by atoms with E-state index >= 15 is 0 Å². The lowest BCUT2D eigenvalue weighted by molar-refractivity contribution is -0.118. The van der Waals surface area contributed by atoms with Crippen LogP contribution in [0.1, 0.15) is 12.0 Å². The van der Waals surface area contributed by atoms with Gasteiger partial charge in [0.1, 0.15) is 6.07 Å². The van der Waals surface area contributed by atoms with E-state index in [-0.39, 0.29) is 25.0 Å². The minimum Gasteiger partial charge on any atom is -0.380 e. The highest BCUT2D eigenvalue weighted by atomic mass is 35.5. The van der Waals surface area contributed by atoms with Gasteiger partial charge in [-0.3, -0.25) is 4.79 Å². The summed E-state index contributed by atoms with van der Waals surface area (Å²) in [6, 6.07) is 6.64. The molecule has 1 aromatic carbocycles. The van der Waals surface area contributed by atoms with Crippen LogP contribution in [0.3, 0.4) is 0 Å². The Balaban J connectivity index is 2.65. The van der Waals surface area contributed by atoms with Crippen LogP contribution in [0.15, 0.2) is 18.2 Å². The second-order valence-electron chi connectivity index (χ2n) is 3.65. The average molecular weight is 268 g/mol. The maximum Gasteiger partial charge on any atom is 0.227 e. The van der Waals surface area contributed by atoms with Crippen LogP contribution in [0, 0.1) is 11.3 Å². The van der Waals surface area contributed by atoms with E-state index in [1.54, 1.807) is 12.1 Å². The van der Waals surface area contributed by atoms with Crippen molar-refractivity contribution in [2.45, 2.75) is 12.5 Å². The van der Waals surface area contributed by atoms with Gasteiger partial charge >= 0.3 is 0 Å². The number of hydrogen-bond acceptors (Lipinski definition) is 4. The molecule has 5 nitrogen and oxygen atoms in total. The van der Waals surface area contributed by atoms with E-state index in [1.165, 1.54) is 13.2 Å². The third-order valence-corrected chi connectivity index (χ3v) is 2.70. The van der Waals surface area contributed by atoms with Crippen LogP contribution >= 0.6 is 11.6 Å². The predicted octanol–water partition coefficient (Wildman–Crippen LogP) is 1.51. The first kappa shape index (κ1) is 14.5. The number of anilines is 1. The fourth-order valence-electron chi connectivity index (χ4n) is 1.37. The highest BCUT2D eigenvalue weighted by molar-refractivity contribution is 6.32. The summed E-state index contributed by atoms with van der Waals surface area (Å²) in [5.41, 5.74) is 6.33. The second-order valence-corrected chi connectivity index (χ2v) is 4.06. The quantitative estimate of drug-likeness (QED) is 0.846. The average Bonchev–Trinajstić information content (AvgIpc) is 2.36. The number of methoxy groups -OCH3 is 1. The van der Waals surface area contributed by atoms with E-state index < -0.39 is 0 Å². The lowest BCUT2D eigenvalue weighted by atomic mass is 10.2. The number of nitrogens with one attached hydrogen (secondary N) is 1. The van der Waals surface area contributed by atoms with Gasteiger partial charge in [0, 0.05) is 19.3 Å². The first-order chi connectivity index (χ1) is 8.60. The molecule has 0 heterocycles. The number of ether oxygens (including phenoxy) is 1. The van der Waals surface area contributed by atoms with Crippen LogP contribution < -0.4 is 11.1 Å². The van der Waals surface area contributed by atoms with E-state index in [9.17, 15) is 4.79 Å². The number of nitrogens with zero attached hydrogens (tertiary/aromatic N) is 1. The summed E-state index contributed by atoms with van der Waals surface area (Å²) < 4.78 is 5.01. The molecule has 18 heavy (non-hydrogen) atoms. The fourth-order valence-corrected chi connectivity index (χ4v) is 1.59. The Kier molecular flexibility index (Phi) is 5.59. The molecular weight excluding hydrogens is 254 g/mol. The minimum atomic E-state index is -0.307. The van der Waals surface area contributed by atoms with E-state index in [4.69, 9.17) is 27.3 Å². The molecule has 0 aliphatic carbocycles. The molecular formula is C12H14ClN3O2. The highest BCUT2D eigenvalue weighted by Gasteiger charge is 2.12. The molecule has 1 amide bonds. The number of benzene rings is 1. The maximum atomic E-state index is 11.7. The van der Waals surface area contributed by atoms with Gasteiger partial charge in [0.15, 0.2) is 0 Å². The van der Waals surface area contributed by atoms with Gasteiger partial charge in [-0.1, -0.05) is 11.6 Å². The van der Waals surface area contributed by atoms with Crippen LogP contribution in [-0.4, -0.2) is 25.7 Å². The molecule has 0 aliphatic heterocycles. The van der Waals surface area contributed by atoms with Gasteiger partial charge in [-0.05, 0) is 18.2 Å². The van der Waals surface area contributed by atoms with E-state index in [0.29, 0.717) is 16.3 Å². The largest absolute Gasteiger partial charge is 0.380 e. The van der Waals surface area contributed by atoms with Crippen molar-refractivity contribution in [1.82, 2.24) is 0 Å². The molecule has 96 valence electrons. The standard InChI is InChI=1S/C12H14ClN3O2/c1-18-10(7-15)5-12(17)16-9-3-2-8(6-14)11(13)4-9/h2-4,10H,5,7,15H2,1H3,(H,16,17). The number of carbonyl (C=O) groups is 1. The lowest BCUT2D eigenvalue weighted by Crippen LogP contribution is -2.28. The van der Waals surface area contributed by atoms with Gasteiger partial charge in [0.05, 0.1) is 23.1 Å². The minimum absolute atomic E-state index is 0.171. The summed E-state index contributed by atoms with van der Waals surface area (Å²) in [4.78, 5) is 11.7. The molecule has 1 unspecified atom stereocenters. The van der Waals surface area contributed by atoms with Gasteiger partial charge in [0.25, 0.3) is 0 Å². The molecule has 1 rings (SSSR count). The molecule has 3 N–H and O–H groups in total. The number of rotatable bonds is 5. The predicted molar refractivity (Wildman–Crippen MR) is 69.3 cm³/mol. The molecule has 0 bridgehead atoms. The molecule has 6 heteroatoms. The zero-order valence-electron chi connectivity index (χ0n) is 9.94. The monoisotopic (exact) mass is 267 g/mol. The molecule has 1 aromatic rings. The summed E-state index contributed by atoms with van der Waals surface area (Å²) in [6.07, 6.45) is -0.135. The molecule has 0 aliphatic rings. The van der Waals surface area contributed by atoms with Crippen molar-refractivity contribution in [1.29, 1.82) is 5.26 Å². The topological polar surface area (TPSA) is 88.1 Å². The van der Waals surface area contributed by atoms with Gasteiger partial charge in [0.2, 0.25) is 5.91 Å². The van der Waals surface area contributed by atoms with Gasteiger partial charge < -0.3 is 15.8 Å². The number of nitriles is 1. The third kappa shape index (κ3) is 4.00. The first-order valence-corrected chi connectivity index (χ1v) is 5.70. The molecule has 0 aromatic heterocycles. The van der Waals surface area contributed by atoms with Gasteiger partial charge in [-0.25, -0.2) is 0 Å². The van der Waals surface area contributed by atoms with Crippen molar-refractivity contribution >= 4 is 23.2 Å². The summed E-state index contributed by atoms with van der Waals surface area (Å²) in [5.74, 6) is -0.215. The Morgan fingerprint density at radius 2 is 2.39 bits per heavy atom. The Hall–Kier alpha value is -1.61. The lowest BCUT2D eigenvalue weighted by Gasteiger charge is -2.12. The zero-order valence-corrected chi connectivity index (χ0v) is 10.7. The summed E-state index contributed by atoms with van der Waals surface area (Å²) >= 11 is 5.85. The second kappa shape index (κ2) is 6.97. The normalized spacial score (nSPS) is 11.7. The first-order valence-electron chi connectivity index (χ1n) is 5.33. The van der Waals surface area contributed by atoms with Crippen LogP contribution in [0.5, 0.6) is 0 Å². The van der Waals surface area contributed by atoms with Gasteiger partial charge in [-0.2, -0.15) is 5.26 Å². The van der Waals surface area contributed by atoms with E-state index in [1.807, 2.05) is 6.07 Å². The third-order valence-electron chi connectivity index (χ3n) is 2.38. The van der Waals surface area contributed by atoms with Crippen LogP contribution in [-0.2, 0) is 9.53 Å². The van der Waals surface area contributed by atoms with Crippen molar-refractivity contribution in [3.63, 3.8) is 0 Å². The molecule has 0 saturated carbocycles. The number of carbonyl (C=O) groups excluding carboxylic acids is 1. The van der Waals surface area contributed by atoms with Crippen molar-refractivity contribution in [2.24, 2.45) is 5.73 Å². The Labute approximate surface area is 110 Å². The van der Waals surface area contributed by atoms with Crippen molar-refractivity contribution in [2.75, 3.05) is 19.0 Å². The SMILES string of the molecule is COC(CN)CC(=O)Nc1ccc(C#N)c(Cl)c1. The van der Waals surface area contributed by atoms with Crippen molar-refractivity contribution < 1.29 is 9.53 Å². The fraction of sp³-hybridized carbons (Fsp3) is 0.333. The van der Waals surface area contributed by atoms with Gasteiger partial charge in [-0.15, -0.1) is 0 Å². The molecule has 0 saturated heterocycles. The van der Waals surface area contributed by atoms with Crippen LogP contribution in [0.25, 0.3) is 0 Å².